The van der Waals surface area contributed by atoms with E-state index in [-0.39, 0.29) is 17.4 Å². The van der Waals surface area contributed by atoms with Crippen molar-refractivity contribution in [2.75, 3.05) is 61.8 Å². The Morgan fingerprint density at radius 1 is 1.21 bits per heavy atom. The molecule has 39 heavy (non-hydrogen) atoms. The monoisotopic (exact) mass is 543 g/mol. The number of carboxylic acids is 1. The minimum atomic E-state index is -1.27. The molecule has 3 aromatic heterocycles. The van der Waals surface area contributed by atoms with Gasteiger partial charge >= 0.3 is 5.97 Å². The Bertz CT molecular complexity index is 1470. The third kappa shape index (κ3) is 5.52. The molecule has 0 aliphatic carbocycles. The Balaban J connectivity index is 1.19. The van der Waals surface area contributed by atoms with Gasteiger partial charge in [0.15, 0.2) is 23.4 Å². The SMILES string of the molecule is C[C@@H](Oc1cc(N2CCN(CCN(C)c3nc(N)n4nc(-c5ccco5)nc4n3)CC2)c(F)cc1F)C(=O)O. The summed E-state index contributed by atoms with van der Waals surface area (Å²) in [4.78, 5) is 30.1. The predicted octanol–water partition coefficient (Wildman–Crippen LogP) is 1.75. The van der Waals surface area contributed by atoms with Crippen LogP contribution < -0.4 is 20.3 Å². The van der Waals surface area contributed by atoms with Crippen molar-refractivity contribution in [1.82, 2.24) is 29.5 Å². The van der Waals surface area contributed by atoms with Crippen LogP contribution >= 0.6 is 0 Å². The summed E-state index contributed by atoms with van der Waals surface area (Å²) in [5, 5.41) is 13.3. The number of aliphatic carboxylic acids is 1. The average molecular weight is 544 g/mol. The number of rotatable bonds is 9. The van der Waals surface area contributed by atoms with E-state index in [9.17, 15) is 13.6 Å². The number of nitrogens with two attached hydrogens (primary N) is 1. The van der Waals surface area contributed by atoms with Crippen molar-refractivity contribution in [2.45, 2.75) is 13.0 Å². The zero-order valence-corrected chi connectivity index (χ0v) is 21.3. The summed E-state index contributed by atoms with van der Waals surface area (Å²) >= 11 is 0. The molecule has 0 bridgehead atoms. The molecule has 1 aliphatic heterocycles. The maximum atomic E-state index is 14.6. The van der Waals surface area contributed by atoms with Crippen molar-refractivity contribution >= 4 is 29.3 Å². The molecule has 0 amide bonds. The Labute approximate surface area is 221 Å². The van der Waals surface area contributed by atoms with Gasteiger partial charge in [-0.1, -0.05) is 0 Å². The van der Waals surface area contributed by atoms with Crippen LogP contribution in [0.4, 0.5) is 26.4 Å². The number of carbonyl (C=O) groups is 1. The molecule has 5 rings (SSSR count). The lowest BCUT2D eigenvalue weighted by molar-refractivity contribution is -0.144. The fraction of sp³-hybridized carbons (Fsp3) is 0.375. The van der Waals surface area contributed by atoms with Crippen molar-refractivity contribution in [3.05, 3.63) is 42.2 Å². The molecular weight excluding hydrogens is 516 g/mol. The van der Waals surface area contributed by atoms with Gasteiger partial charge in [0.05, 0.1) is 12.0 Å². The molecule has 3 N–H and O–H groups in total. The fourth-order valence-corrected chi connectivity index (χ4v) is 4.17. The van der Waals surface area contributed by atoms with Gasteiger partial charge in [0.25, 0.3) is 5.78 Å². The minimum absolute atomic E-state index is 0.142. The fourth-order valence-electron chi connectivity index (χ4n) is 4.17. The molecule has 1 saturated heterocycles. The molecule has 0 radical (unpaired) electrons. The number of hydrogen-bond acceptors (Lipinski definition) is 11. The van der Waals surface area contributed by atoms with Gasteiger partial charge < -0.3 is 29.8 Å². The van der Waals surface area contributed by atoms with Crippen LogP contribution in [0.2, 0.25) is 0 Å². The van der Waals surface area contributed by atoms with E-state index in [2.05, 4.69) is 25.0 Å². The van der Waals surface area contributed by atoms with Gasteiger partial charge in [-0.2, -0.15) is 19.5 Å². The molecule has 1 atom stereocenters. The Morgan fingerprint density at radius 2 is 1.97 bits per heavy atom. The number of nitrogen functional groups attached to an aromatic ring is 1. The van der Waals surface area contributed by atoms with Gasteiger partial charge in [0, 0.05) is 58.4 Å². The lowest BCUT2D eigenvalue weighted by Crippen LogP contribution is -2.48. The Morgan fingerprint density at radius 3 is 2.67 bits per heavy atom. The number of anilines is 3. The number of halogens is 2. The van der Waals surface area contributed by atoms with Crippen molar-refractivity contribution in [3.63, 3.8) is 0 Å². The van der Waals surface area contributed by atoms with Crippen LogP contribution in [0.25, 0.3) is 17.4 Å². The third-order valence-corrected chi connectivity index (χ3v) is 6.42. The van der Waals surface area contributed by atoms with Crippen LogP contribution in [0.15, 0.2) is 34.9 Å². The number of fused-ring (bicyclic) bond motifs is 1. The summed E-state index contributed by atoms with van der Waals surface area (Å²) in [5.41, 5.74) is 6.26. The second-order valence-electron chi connectivity index (χ2n) is 9.09. The van der Waals surface area contributed by atoms with E-state index in [1.165, 1.54) is 23.8 Å². The molecular formula is C24H27F2N9O4. The molecule has 1 aliphatic rings. The number of carboxylic acid groups (broad SMARTS) is 1. The van der Waals surface area contributed by atoms with Crippen LogP contribution in [0.1, 0.15) is 6.92 Å². The molecule has 15 heteroatoms. The minimum Gasteiger partial charge on any atom is -0.479 e. The summed E-state index contributed by atoms with van der Waals surface area (Å²) in [7, 11) is 1.85. The van der Waals surface area contributed by atoms with E-state index in [1.54, 1.807) is 17.0 Å². The number of likely N-dealkylation sites (N-methyl/N-ethyl adjacent to an activating group) is 1. The first kappa shape index (κ1) is 26.1. The predicted molar refractivity (Wildman–Crippen MR) is 137 cm³/mol. The van der Waals surface area contributed by atoms with E-state index in [1.807, 2.05) is 11.9 Å². The lowest BCUT2D eigenvalue weighted by atomic mass is 10.2. The number of hydrogen-bond donors (Lipinski definition) is 2. The number of aromatic nitrogens is 5. The first-order valence-electron chi connectivity index (χ1n) is 12.2. The third-order valence-electron chi connectivity index (χ3n) is 6.42. The summed E-state index contributed by atoms with van der Waals surface area (Å²) in [5.74, 6) is -1.54. The van der Waals surface area contributed by atoms with E-state index >= 15 is 0 Å². The molecule has 0 unspecified atom stereocenters. The Hall–Kier alpha value is -4.53. The quantitative estimate of drug-likeness (QED) is 0.316. The maximum Gasteiger partial charge on any atom is 0.344 e. The topological polar surface area (TPSA) is 151 Å². The zero-order valence-electron chi connectivity index (χ0n) is 21.3. The van der Waals surface area contributed by atoms with Crippen LogP contribution in [0.3, 0.4) is 0 Å². The second kappa shape index (κ2) is 10.7. The van der Waals surface area contributed by atoms with Gasteiger partial charge in [-0.15, -0.1) is 5.10 Å². The molecule has 13 nitrogen and oxygen atoms in total. The Kier molecular flexibility index (Phi) is 7.15. The number of nitrogens with zero attached hydrogens (tertiary/aromatic N) is 8. The van der Waals surface area contributed by atoms with Crippen LogP contribution in [0, 0.1) is 11.6 Å². The smallest absolute Gasteiger partial charge is 0.344 e. The number of ether oxygens (including phenoxy) is 1. The van der Waals surface area contributed by atoms with Gasteiger partial charge in [-0.25, -0.2) is 13.6 Å². The lowest BCUT2D eigenvalue weighted by Gasteiger charge is -2.37. The van der Waals surface area contributed by atoms with Crippen molar-refractivity contribution in [1.29, 1.82) is 0 Å². The van der Waals surface area contributed by atoms with E-state index in [0.29, 0.717) is 62.6 Å². The van der Waals surface area contributed by atoms with Crippen LogP contribution in [-0.4, -0.2) is 93.0 Å². The first-order valence-corrected chi connectivity index (χ1v) is 12.2. The van der Waals surface area contributed by atoms with Crippen LogP contribution in [0.5, 0.6) is 5.75 Å². The molecule has 0 saturated carbocycles. The highest BCUT2D eigenvalue weighted by Gasteiger charge is 2.24. The molecule has 206 valence electrons. The number of benzene rings is 1. The van der Waals surface area contributed by atoms with Gasteiger partial charge in [0.2, 0.25) is 17.7 Å². The summed E-state index contributed by atoms with van der Waals surface area (Å²) in [6, 6.07) is 5.41. The highest BCUT2D eigenvalue weighted by atomic mass is 19.1. The maximum absolute atomic E-state index is 14.6. The van der Waals surface area contributed by atoms with Crippen molar-refractivity contribution in [2.24, 2.45) is 0 Å². The van der Waals surface area contributed by atoms with Crippen LogP contribution in [-0.2, 0) is 4.79 Å². The van der Waals surface area contributed by atoms with E-state index in [4.69, 9.17) is 20.0 Å². The summed E-state index contributed by atoms with van der Waals surface area (Å²) in [6.45, 7) is 4.79. The molecule has 1 aromatic carbocycles. The second-order valence-corrected chi connectivity index (χ2v) is 9.09. The normalized spacial score (nSPS) is 15.0. The molecule has 4 heterocycles. The highest BCUT2D eigenvalue weighted by molar-refractivity contribution is 5.72. The van der Waals surface area contributed by atoms with E-state index in [0.717, 1.165) is 6.07 Å². The van der Waals surface area contributed by atoms with Gasteiger partial charge in [-0.3, -0.25) is 4.90 Å². The zero-order chi connectivity index (χ0) is 27.7. The first-order chi connectivity index (χ1) is 18.7. The van der Waals surface area contributed by atoms with E-state index < -0.39 is 23.7 Å². The summed E-state index contributed by atoms with van der Waals surface area (Å²) in [6.07, 6.45) is 0.259. The number of furan rings is 1. The van der Waals surface area contributed by atoms with Crippen molar-refractivity contribution < 1.29 is 27.8 Å². The molecule has 1 fully saturated rings. The average Bonchev–Trinajstić information content (AvgIpc) is 3.59. The van der Waals surface area contributed by atoms with Crippen molar-refractivity contribution in [3.8, 4) is 17.3 Å². The molecule has 0 spiro atoms. The van der Waals surface area contributed by atoms with Gasteiger partial charge in [-0.05, 0) is 19.1 Å². The standard InChI is InChI=1S/C24H27F2N9O4/c1-14(21(36)37)39-19-13-17(15(25)12-16(19)26)34-9-7-33(8-10-34)6-5-32(2)23-29-22(27)35-24(30-23)28-20(31-35)18-4-3-11-38-18/h3-4,11-14H,5-10H2,1-2H3,(H,36,37)(H2,27,28,29,30,31)/t14-/m1/s1. The number of piperazine rings is 1. The molecule has 4 aromatic rings. The summed E-state index contributed by atoms with van der Waals surface area (Å²) < 4.78 is 40.6. The highest BCUT2D eigenvalue weighted by Crippen LogP contribution is 2.30. The largest absolute Gasteiger partial charge is 0.479 e. The van der Waals surface area contributed by atoms with Gasteiger partial charge in [0.1, 0.15) is 5.82 Å².